The predicted molar refractivity (Wildman–Crippen MR) is 119 cm³/mol. The Balaban J connectivity index is 1.56. The van der Waals surface area contributed by atoms with E-state index < -0.39 is 5.92 Å². The molecule has 1 aromatic carbocycles. The van der Waals surface area contributed by atoms with Crippen LogP contribution in [0.3, 0.4) is 0 Å². The van der Waals surface area contributed by atoms with Gasteiger partial charge < -0.3 is 13.9 Å². The van der Waals surface area contributed by atoms with Gasteiger partial charge in [0.05, 0.1) is 16.3 Å². The Kier molecular flexibility index (Phi) is 4.97. The number of pyridine rings is 1. The fraction of sp³-hybridized carbons (Fsp3) is 0.478. The number of alkyl halides is 2. The number of aryl methyl sites for hydroxylation is 2. The molecule has 2 aliphatic rings. The fourth-order valence-corrected chi connectivity index (χ4v) is 5.32. The van der Waals surface area contributed by atoms with Crippen molar-refractivity contribution in [2.45, 2.75) is 55.8 Å². The SMILES string of the molecule is CCOC1SC1Cn1c(C2CC(F)(F)C2)nc2ccc(-c3cc(C)c(=O)n(C)c3)cc21. The van der Waals surface area contributed by atoms with Crippen LogP contribution in [-0.4, -0.2) is 37.3 Å². The molecule has 2 aromatic heterocycles. The van der Waals surface area contributed by atoms with Crippen LogP contribution in [-0.2, 0) is 18.3 Å². The minimum atomic E-state index is -2.59. The molecule has 0 radical (unpaired) electrons. The smallest absolute Gasteiger partial charge is 0.253 e. The van der Waals surface area contributed by atoms with Gasteiger partial charge in [0.25, 0.3) is 5.56 Å². The Bertz CT molecular complexity index is 1190. The third-order valence-corrected chi connectivity index (χ3v) is 7.32. The highest BCUT2D eigenvalue weighted by Gasteiger charge is 2.48. The summed E-state index contributed by atoms with van der Waals surface area (Å²) in [4.78, 5) is 16.8. The summed E-state index contributed by atoms with van der Waals surface area (Å²) >= 11 is 1.76. The summed E-state index contributed by atoms with van der Waals surface area (Å²) in [5.41, 5.74) is 4.50. The van der Waals surface area contributed by atoms with E-state index in [0.717, 1.165) is 28.0 Å². The number of halogens is 2. The lowest BCUT2D eigenvalue weighted by Crippen LogP contribution is -2.35. The highest BCUT2D eigenvalue weighted by atomic mass is 32.2. The van der Waals surface area contributed by atoms with Crippen molar-refractivity contribution in [3.05, 3.63) is 52.2 Å². The van der Waals surface area contributed by atoms with Gasteiger partial charge in [-0.25, -0.2) is 13.8 Å². The van der Waals surface area contributed by atoms with Gasteiger partial charge in [0.15, 0.2) is 0 Å². The number of thioether (sulfide) groups is 1. The Morgan fingerprint density at radius 2 is 2.03 bits per heavy atom. The van der Waals surface area contributed by atoms with Crippen LogP contribution in [0.4, 0.5) is 8.78 Å². The summed E-state index contributed by atoms with van der Waals surface area (Å²) in [5.74, 6) is -2.06. The molecule has 1 aliphatic carbocycles. The Hall–Kier alpha value is -2.19. The van der Waals surface area contributed by atoms with E-state index in [4.69, 9.17) is 9.72 Å². The number of hydrogen-bond acceptors (Lipinski definition) is 4. The lowest BCUT2D eigenvalue weighted by atomic mass is 9.80. The number of rotatable bonds is 6. The maximum atomic E-state index is 13.6. The van der Waals surface area contributed by atoms with E-state index in [1.807, 2.05) is 38.2 Å². The molecular weight excluding hydrogens is 420 g/mol. The number of benzene rings is 1. The van der Waals surface area contributed by atoms with Gasteiger partial charge in [0, 0.05) is 50.7 Å². The number of fused-ring (bicyclic) bond motifs is 1. The molecule has 3 heterocycles. The topological polar surface area (TPSA) is 49.1 Å². The van der Waals surface area contributed by atoms with E-state index in [-0.39, 0.29) is 29.8 Å². The largest absolute Gasteiger partial charge is 0.367 e. The predicted octanol–water partition coefficient (Wildman–Crippen LogP) is 4.70. The summed E-state index contributed by atoms with van der Waals surface area (Å²) in [5, 5.41) is 0.306. The number of aromatic nitrogens is 3. The van der Waals surface area contributed by atoms with Crippen molar-refractivity contribution in [3.63, 3.8) is 0 Å². The molecule has 0 spiro atoms. The van der Waals surface area contributed by atoms with E-state index in [2.05, 4.69) is 10.6 Å². The second-order valence-corrected chi connectivity index (χ2v) is 9.91. The maximum Gasteiger partial charge on any atom is 0.253 e. The lowest BCUT2D eigenvalue weighted by molar-refractivity contribution is -0.0890. The van der Waals surface area contributed by atoms with Gasteiger partial charge in [0.2, 0.25) is 5.92 Å². The number of nitrogens with zero attached hydrogens (tertiary/aromatic N) is 3. The molecule has 3 aromatic rings. The molecule has 31 heavy (non-hydrogen) atoms. The third kappa shape index (κ3) is 3.80. The van der Waals surface area contributed by atoms with Crippen LogP contribution in [0.15, 0.2) is 35.3 Å². The summed E-state index contributed by atoms with van der Waals surface area (Å²) in [6, 6.07) is 7.87. The zero-order valence-electron chi connectivity index (χ0n) is 17.8. The lowest BCUT2D eigenvalue weighted by Gasteiger charge is -2.34. The molecule has 5 rings (SSSR count). The molecule has 8 heteroatoms. The minimum Gasteiger partial charge on any atom is -0.367 e. The molecule has 2 fully saturated rings. The van der Waals surface area contributed by atoms with Crippen molar-refractivity contribution in [3.8, 4) is 11.1 Å². The first kappa shape index (κ1) is 20.7. The van der Waals surface area contributed by atoms with E-state index in [9.17, 15) is 13.6 Å². The number of hydrogen-bond donors (Lipinski definition) is 0. The van der Waals surface area contributed by atoms with Crippen molar-refractivity contribution >= 4 is 22.8 Å². The molecule has 2 unspecified atom stereocenters. The van der Waals surface area contributed by atoms with E-state index in [0.29, 0.717) is 24.0 Å². The number of ether oxygens (including phenoxy) is 1. The van der Waals surface area contributed by atoms with Gasteiger partial charge in [-0.05, 0) is 43.2 Å². The van der Waals surface area contributed by atoms with Crippen molar-refractivity contribution < 1.29 is 13.5 Å². The van der Waals surface area contributed by atoms with Crippen molar-refractivity contribution in [2.75, 3.05) is 6.61 Å². The molecule has 5 nitrogen and oxygen atoms in total. The first-order chi connectivity index (χ1) is 14.8. The van der Waals surface area contributed by atoms with Gasteiger partial charge in [-0.1, -0.05) is 6.07 Å². The van der Waals surface area contributed by atoms with Gasteiger partial charge in [-0.3, -0.25) is 4.79 Å². The molecule has 2 atom stereocenters. The monoisotopic (exact) mass is 445 g/mol. The van der Waals surface area contributed by atoms with E-state index in [1.54, 1.807) is 23.4 Å². The van der Waals surface area contributed by atoms with Crippen LogP contribution in [0.1, 0.15) is 37.1 Å². The molecule has 164 valence electrons. The second kappa shape index (κ2) is 7.45. The normalized spacial score (nSPS) is 22.6. The summed E-state index contributed by atoms with van der Waals surface area (Å²) in [7, 11) is 1.74. The molecule has 0 amide bonds. The Morgan fingerprint density at radius 3 is 2.71 bits per heavy atom. The first-order valence-corrected chi connectivity index (χ1v) is 11.5. The van der Waals surface area contributed by atoms with Crippen LogP contribution in [0.25, 0.3) is 22.2 Å². The van der Waals surface area contributed by atoms with E-state index in [1.165, 1.54) is 0 Å². The van der Waals surface area contributed by atoms with Gasteiger partial charge in [0.1, 0.15) is 11.3 Å². The summed E-state index contributed by atoms with van der Waals surface area (Å²) in [6.45, 7) is 5.14. The maximum absolute atomic E-state index is 13.6. The zero-order chi connectivity index (χ0) is 21.9. The van der Waals surface area contributed by atoms with E-state index >= 15 is 0 Å². The van der Waals surface area contributed by atoms with Crippen LogP contribution < -0.4 is 5.56 Å². The van der Waals surface area contributed by atoms with Gasteiger partial charge >= 0.3 is 0 Å². The average molecular weight is 446 g/mol. The van der Waals surface area contributed by atoms with Crippen LogP contribution >= 0.6 is 11.8 Å². The Labute approximate surface area is 183 Å². The average Bonchev–Trinajstić information content (AvgIpc) is 3.34. The van der Waals surface area contributed by atoms with Crippen molar-refractivity contribution in [1.29, 1.82) is 0 Å². The molecule has 0 N–H and O–H groups in total. The molecule has 1 aliphatic heterocycles. The fourth-order valence-electron chi connectivity index (χ4n) is 4.45. The van der Waals surface area contributed by atoms with Crippen LogP contribution in [0.5, 0.6) is 0 Å². The zero-order valence-corrected chi connectivity index (χ0v) is 18.6. The summed E-state index contributed by atoms with van der Waals surface area (Å²) < 4.78 is 36.6. The Morgan fingerprint density at radius 1 is 1.26 bits per heavy atom. The van der Waals surface area contributed by atoms with Gasteiger partial charge in [-0.15, -0.1) is 11.8 Å². The third-order valence-electron chi connectivity index (χ3n) is 6.16. The van der Waals surface area contributed by atoms with Crippen LogP contribution in [0, 0.1) is 6.92 Å². The first-order valence-electron chi connectivity index (χ1n) is 10.6. The highest BCUT2D eigenvalue weighted by Crippen LogP contribution is 2.50. The number of imidazole rings is 1. The molecule has 1 saturated carbocycles. The highest BCUT2D eigenvalue weighted by molar-refractivity contribution is 8.07. The molecule has 1 saturated heterocycles. The van der Waals surface area contributed by atoms with Crippen molar-refractivity contribution in [1.82, 2.24) is 14.1 Å². The standard InChI is InChI=1S/C23H25F2N3O2S/c1-4-30-22-19(31-22)12-28-18-8-14(15-7-13(2)21(29)27(3)11-15)5-6-17(18)26-20(28)16-9-23(24,25)10-16/h5-8,11,16,19,22H,4,9-10,12H2,1-3H3. The van der Waals surface area contributed by atoms with Crippen LogP contribution in [0.2, 0.25) is 0 Å². The quantitative estimate of drug-likeness (QED) is 0.516. The van der Waals surface area contributed by atoms with Crippen molar-refractivity contribution in [2.24, 2.45) is 7.05 Å². The second-order valence-electron chi connectivity index (χ2n) is 8.57. The van der Waals surface area contributed by atoms with Gasteiger partial charge in [-0.2, -0.15) is 0 Å². The molecular formula is C23H25F2N3O2S. The molecule has 0 bridgehead atoms. The minimum absolute atomic E-state index is 0.0178. The summed E-state index contributed by atoms with van der Waals surface area (Å²) in [6.07, 6.45) is 1.54.